The van der Waals surface area contributed by atoms with E-state index < -0.39 is 18.6 Å². The van der Waals surface area contributed by atoms with Gasteiger partial charge in [-0.1, -0.05) is 124 Å². The number of alkyl halides is 7. The Balaban J connectivity index is 2.56. The summed E-state index contributed by atoms with van der Waals surface area (Å²) in [6.07, 6.45) is -1.74. The molecular weight excluding hydrogens is 432 g/mol. The Labute approximate surface area is 162 Å². The predicted octanol–water partition coefficient (Wildman–Crippen LogP) is 7.03. The maximum absolute atomic E-state index is 12.8. The smallest absolute Gasteiger partial charge is 0.224 e. The van der Waals surface area contributed by atoms with Crippen molar-refractivity contribution in [3.8, 4) is 0 Å². The van der Waals surface area contributed by atoms with E-state index in [1.54, 1.807) is 24.3 Å². The molecule has 2 aromatic carbocycles. The zero-order valence-corrected chi connectivity index (χ0v) is 16.0. The largest absolute Gasteiger partial charge is 0.226 e. The third-order valence-electron chi connectivity index (χ3n) is 3.21. The molecule has 22 heavy (non-hydrogen) atoms. The van der Waals surface area contributed by atoms with Crippen LogP contribution in [0.3, 0.4) is 0 Å². The predicted molar refractivity (Wildman–Crippen MR) is 96.5 cm³/mol. The Morgan fingerprint density at radius 1 is 0.773 bits per heavy atom. The van der Waals surface area contributed by atoms with E-state index in [1.807, 2.05) is 18.2 Å². The van der Waals surface area contributed by atoms with Crippen molar-refractivity contribution >= 4 is 92.0 Å². The lowest BCUT2D eigenvalue weighted by Crippen LogP contribution is -2.50. The first-order valence-corrected chi connectivity index (χ1v) is 8.60. The minimum absolute atomic E-state index is 0.308. The van der Waals surface area contributed by atoms with E-state index in [0.29, 0.717) is 10.9 Å². The summed E-state index contributed by atoms with van der Waals surface area (Å²) >= 11 is 41.4. The van der Waals surface area contributed by atoms with Crippen LogP contribution < -0.4 is 0 Å². The van der Waals surface area contributed by atoms with Crippen LogP contribution in [0.5, 0.6) is 0 Å². The average Bonchev–Trinajstić information content (AvgIpc) is 2.44. The van der Waals surface area contributed by atoms with Crippen molar-refractivity contribution in [2.45, 2.75) is 18.6 Å². The molecule has 119 valence electrons. The number of halogens is 7. The first-order chi connectivity index (χ1) is 10.00. The maximum Gasteiger partial charge on any atom is 0.226 e. The van der Waals surface area contributed by atoms with Gasteiger partial charge in [0.1, 0.15) is 0 Å². The first-order valence-electron chi connectivity index (χ1n) is 5.96. The van der Waals surface area contributed by atoms with Crippen LogP contribution in [-0.2, 0) is 5.11 Å². The van der Waals surface area contributed by atoms with Gasteiger partial charge in [-0.3, -0.25) is 0 Å². The van der Waals surface area contributed by atoms with E-state index >= 15 is 0 Å². The minimum atomic E-state index is -2.32. The Morgan fingerprint density at radius 2 is 1.32 bits per heavy atom. The van der Waals surface area contributed by atoms with E-state index in [0.717, 1.165) is 5.39 Å². The molecule has 0 amide bonds. The Morgan fingerprint density at radius 3 is 1.91 bits per heavy atom. The van der Waals surface area contributed by atoms with E-state index in [-0.39, 0.29) is 0 Å². The summed E-state index contributed by atoms with van der Waals surface area (Å²) in [4.78, 5) is 0. The van der Waals surface area contributed by atoms with Gasteiger partial charge in [0.25, 0.3) is 0 Å². The highest BCUT2D eigenvalue weighted by atomic mass is 35.6. The molecule has 0 spiro atoms. The van der Waals surface area contributed by atoms with Crippen molar-refractivity contribution < 1.29 is 5.11 Å². The zero-order chi connectivity index (χ0) is 16.8. The van der Waals surface area contributed by atoms with Crippen molar-refractivity contribution in [1.82, 2.24) is 0 Å². The molecule has 1 atom stereocenters. The number of hydrogen-bond acceptors (Lipinski definition) is 0. The normalized spacial score (nSPS) is 15.1. The molecule has 0 aliphatic heterocycles. The molecule has 0 aliphatic rings. The molecule has 8 heteroatoms. The van der Waals surface area contributed by atoms with Crippen LogP contribution in [0.1, 0.15) is 11.7 Å². The molecule has 2 aromatic rings. The van der Waals surface area contributed by atoms with Gasteiger partial charge in [0, 0.05) is 0 Å². The van der Waals surface area contributed by atoms with Gasteiger partial charge in [0.2, 0.25) is 3.79 Å². The average molecular weight is 440 g/mol. The molecule has 1 unspecified atom stereocenters. The quantitative estimate of drug-likeness (QED) is 0.457. The molecule has 0 saturated heterocycles. The van der Waals surface area contributed by atoms with E-state index in [2.05, 4.69) is 0 Å². The second kappa shape index (κ2) is 6.54. The van der Waals surface area contributed by atoms with Gasteiger partial charge >= 0.3 is 0 Å². The molecule has 0 fully saturated rings. The minimum Gasteiger partial charge on any atom is -0.224 e. The van der Waals surface area contributed by atoms with Crippen LogP contribution in [0.2, 0.25) is 0 Å². The van der Waals surface area contributed by atoms with E-state index in [9.17, 15) is 5.11 Å². The lowest BCUT2D eigenvalue weighted by molar-refractivity contribution is 0.0702. The monoisotopic (exact) mass is 437 g/mol. The highest BCUT2D eigenvalue weighted by Crippen LogP contribution is 2.60. The van der Waals surface area contributed by atoms with Crippen LogP contribution in [0.4, 0.5) is 0 Å². The summed E-state index contributed by atoms with van der Waals surface area (Å²) in [5, 5.41) is 14.4. The third kappa shape index (κ3) is 3.25. The summed E-state index contributed by atoms with van der Waals surface area (Å²) in [6, 6.07) is 12.4. The van der Waals surface area contributed by atoms with Crippen molar-refractivity contribution in [2.24, 2.45) is 0 Å². The number of rotatable bonds is 3. The van der Waals surface area contributed by atoms with Crippen LogP contribution in [0.25, 0.3) is 10.8 Å². The SMILES string of the molecule is [O]C(c1cccc2ccccc12)C(Cl)(Cl)C(Cl)(Cl)C(Cl)(Cl)Cl. The van der Waals surface area contributed by atoms with E-state index in [1.165, 1.54) is 0 Å². The fourth-order valence-electron chi connectivity index (χ4n) is 2.03. The molecular formula is C14H8Cl7O. The van der Waals surface area contributed by atoms with Crippen LogP contribution in [0, 0.1) is 0 Å². The van der Waals surface area contributed by atoms with Gasteiger partial charge in [-0.05, 0) is 16.3 Å². The van der Waals surface area contributed by atoms with Crippen LogP contribution in [-0.4, -0.2) is 12.5 Å². The number of fused-ring (bicyclic) bond motifs is 1. The van der Waals surface area contributed by atoms with Gasteiger partial charge in [-0.25, -0.2) is 5.11 Å². The number of hydrogen-bond donors (Lipinski definition) is 0. The highest BCUT2D eigenvalue weighted by Gasteiger charge is 2.63. The molecule has 0 heterocycles. The van der Waals surface area contributed by atoms with Crippen LogP contribution >= 0.6 is 81.2 Å². The second-order valence-electron chi connectivity index (χ2n) is 4.64. The summed E-state index contributed by atoms with van der Waals surface area (Å²) in [5.74, 6) is 0. The Hall–Kier alpha value is 0.690. The standard InChI is InChI=1S/C14H8Cl7O/c15-12(16,13(17,18)14(19,20)21)11(22)10-7-3-5-8-4-1-2-6-9(8)10/h1-7,11H. The number of benzene rings is 2. The Bertz CT molecular complexity index is 673. The van der Waals surface area contributed by atoms with Crippen molar-refractivity contribution in [1.29, 1.82) is 0 Å². The van der Waals surface area contributed by atoms with E-state index in [4.69, 9.17) is 81.2 Å². The molecule has 2 rings (SSSR count). The summed E-state index contributed by atoms with van der Waals surface area (Å²) in [7, 11) is 0. The summed E-state index contributed by atoms with van der Waals surface area (Å²) < 4.78 is -6.87. The molecule has 0 saturated carbocycles. The van der Waals surface area contributed by atoms with Gasteiger partial charge in [0.15, 0.2) is 14.8 Å². The van der Waals surface area contributed by atoms with Gasteiger partial charge in [0.05, 0.1) is 0 Å². The molecule has 0 bridgehead atoms. The molecule has 1 radical (unpaired) electrons. The summed E-state index contributed by atoms with van der Waals surface area (Å²) in [5.41, 5.74) is 0.308. The highest BCUT2D eigenvalue weighted by molar-refractivity contribution is 6.78. The first kappa shape index (κ1) is 19.0. The maximum atomic E-state index is 12.8. The molecule has 0 aromatic heterocycles. The molecule has 0 N–H and O–H groups in total. The van der Waals surface area contributed by atoms with Crippen molar-refractivity contribution in [3.05, 3.63) is 48.0 Å². The van der Waals surface area contributed by atoms with Gasteiger partial charge in [-0.15, -0.1) is 0 Å². The third-order valence-corrected chi connectivity index (χ3v) is 7.15. The molecule has 0 aliphatic carbocycles. The topological polar surface area (TPSA) is 19.9 Å². The second-order valence-corrected chi connectivity index (χ2v) is 9.64. The Kier molecular flexibility index (Phi) is 5.65. The lowest BCUT2D eigenvalue weighted by Gasteiger charge is -2.39. The molecule has 1 nitrogen and oxygen atoms in total. The van der Waals surface area contributed by atoms with Gasteiger partial charge < -0.3 is 0 Å². The summed E-state index contributed by atoms with van der Waals surface area (Å²) in [6.45, 7) is 0. The van der Waals surface area contributed by atoms with Crippen LogP contribution in [0.15, 0.2) is 42.5 Å². The van der Waals surface area contributed by atoms with Crippen molar-refractivity contribution in [3.63, 3.8) is 0 Å². The van der Waals surface area contributed by atoms with Gasteiger partial charge in [-0.2, -0.15) is 0 Å². The fourth-order valence-corrected chi connectivity index (χ4v) is 3.48. The lowest BCUT2D eigenvalue weighted by atomic mass is 9.97. The fraction of sp³-hybridized carbons (Fsp3) is 0.286. The zero-order valence-electron chi connectivity index (χ0n) is 10.7. The van der Waals surface area contributed by atoms with Crippen molar-refractivity contribution in [2.75, 3.05) is 0 Å².